The highest BCUT2D eigenvalue weighted by Gasteiger charge is 2.07. The molecule has 0 radical (unpaired) electrons. The Labute approximate surface area is 107 Å². The molecule has 0 aliphatic heterocycles. The standard InChI is InChI=1S/C11H9ClFN5/c12-7-3-6(1-2-8(7)13)9-4-10(11(14)18-15)17-5-16-9/h1-5H,15H2,(H2,14,18). The predicted molar refractivity (Wildman–Crippen MR) is 67.3 cm³/mol. The number of aromatic nitrogens is 2. The summed E-state index contributed by atoms with van der Waals surface area (Å²) >= 11 is 5.71. The van der Waals surface area contributed by atoms with Crippen LogP contribution in [0.3, 0.4) is 0 Å². The molecule has 0 saturated heterocycles. The number of hydrogen-bond donors (Lipinski definition) is 2. The fraction of sp³-hybridized carbons (Fsp3) is 0. The van der Waals surface area contributed by atoms with Crippen molar-refractivity contribution in [3.05, 3.63) is 47.1 Å². The minimum Gasteiger partial charge on any atom is -0.380 e. The normalized spacial score (nSPS) is 11.6. The van der Waals surface area contributed by atoms with Crippen LogP contribution in [0.2, 0.25) is 5.02 Å². The van der Waals surface area contributed by atoms with E-state index in [9.17, 15) is 4.39 Å². The van der Waals surface area contributed by atoms with Crippen LogP contribution in [0.5, 0.6) is 0 Å². The minimum absolute atomic E-state index is 0.0214. The van der Waals surface area contributed by atoms with E-state index < -0.39 is 5.82 Å². The summed E-state index contributed by atoms with van der Waals surface area (Å²) in [6.45, 7) is 0. The van der Waals surface area contributed by atoms with Gasteiger partial charge in [0.15, 0.2) is 5.84 Å². The molecule has 0 atom stereocenters. The Hall–Kier alpha value is -2.21. The van der Waals surface area contributed by atoms with Crippen molar-refractivity contribution in [2.24, 2.45) is 16.7 Å². The molecule has 2 rings (SSSR count). The van der Waals surface area contributed by atoms with Gasteiger partial charge in [0, 0.05) is 5.56 Å². The quantitative estimate of drug-likeness (QED) is 0.373. The van der Waals surface area contributed by atoms with Crippen LogP contribution in [0.25, 0.3) is 11.3 Å². The molecule has 1 aromatic carbocycles. The molecule has 0 bridgehead atoms. The van der Waals surface area contributed by atoms with Gasteiger partial charge in [-0.3, -0.25) is 0 Å². The summed E-state index contributed by atoms with van der Waals surface area (Å²) in [5.74, 6) is 4.67. The van der Waals surface area contributed by atoms with Crippen LogP contribution in [0, 0.1) is 5.82 Å². The number of hydrazone groups is 1. The molecular formula is C11H9ClFN5. The second-order valence-electron chi connectivity index (χ2n) is 3.43. The molecule has 0 amide bonds. The van der Waals surface area contributed by atoms with Crippen molar-refractivity contribution in [2.45, 2.75) is 0 Å². The van der Waals surface area contributed by atoms with Crippen molar-refractivity contribution in [1.29, 1.82) is 0 Å². The summed E-state index contributed by atoms with van der Waals surface area (Å²) in [6.07, 6.45) is 1.32. The predicted octanol–water partition coefficient (Wildman–Crippen LogP) is 1.52. The second kappa shape index (κ2) is 4.97. The van der Waals surface area contributed by atoms with Gasteiger partial charge in [0.25, 0.3) is 0 Å². The van der Waals surface area contributed by atoms with Crippen LogP contribution in [0.15, 0.2) is 35.7 Å². The third-order valence-electron chi connectivity index (χ3n) is 2.28. The Bertz CT molecular complexity index is 614. The average Bonchev–Trinajstić information content (AvgIpc) is 2.41. The number of nitrogens with two attached hydrogens (primary N) is 2. The van der Waals surface area contributed by atoms with Crippen molar-refractivity contribution in [3.8, 4) is 11.3 Å². The lowest BCUT2D eigenvalue weighted by atomic mass is 10.1. The second-order valence-corrected chi connectivity index (χ2v) is 3.84. The highest BCUT2D eigenvalue weighted by Crippen LogP contribution is 2.23. The van der Waals surface area contributed by atoms with E-state index in [0.717, 1.165) is 0 Å². The summed E-state index contributed by atoms with van der Waals surface area (Å²) in [6, 6.07) is 5.89. The molecule has 0 spiro atoms. The van der Waals surface area contributed by atoms with E-state index in [1.165, 1.54) is 18.5 Å². The van der Waals surface area contributed by atoms with Gasteiger partial charge in [0.2, 0.25) is 0 Å². The van der Waals surface area contributed by atoms with E-state index in [4.69, 9.17) is 23.2 Å². The summed E-state index contributed by atoms with van der Waals surface area (Å²) in [7, 11) is 0. The van der Waals surface area contributed by atoms with Crippen molar-refractivity contribution in [1.82, 2.24) is 9.97 Å². The third-order valence-corrected chi connectivity index (χ3v) is 2.57. The molecule has 2 aromatic rings. The zero-order valence-electron chi connectivity index (χ0n) is 9.14. The van der Waals surface area contributed by atoms with Gasteiger partial charge < -0.3 is 11.6 Å². The number of halogens is 2. The van der Waals surface area contributed by atoms with Gasteiger partial charge in [-0.15, -0.1) is 0 Å². The molecular weight excluding hydrogens is 257 g/mol. The number of nitrogens with zero attached hydrogens (tertiary/aromatic N) is 3. The molecule has 92 valence electrons. The molecule has 18 heavy (non-hydrogen) atoms. The van der Waals surface area contributed by atoms with Crippen LogP contribution in [-0.2, 0) is 0 Å². The first kappa shape index (κ1) is 12.3. The smallest absolute Gasteiger partial charge is 0.169 e. The molecule has 0 saturated carbocycles. The van der Waals surface area contributed by atoms with Gasteiger partial charge in [-0.1, -0.05) is 11.6 Å². The fourth-order valence-electron chi connectivity index (χ4n) is 1.38. The van der Waals surface area contributed by atoms with Gasteiger partial charge in [0.1, 0.15) is 17.8 Å². The van der Waals surface area contributed by atoms with Gasteiger partial charge in [-0.05, 0) is 24.3 Å². The monoisotopic (exact) mass is 265 g/mol. The first-order valence-electron chi connectivity index (χ1n) is 4.93. The Morgan fingerprint density at radius 1 is 1.28 bits per heavy atom. The summed E-state index contributed by atoms with van der Waals surface area (Å²) < 4.78 is 13.1. The Kier molecular flexibility index (Phi) is 3.38. The first-order valence-corrected chi connectivity index (χ1v) is 5.31. The van der Waals surface area contributed by atoms with Crippen LogP contribution < -0.4 is 11.6 Å². The van der Waals surface area contributed by atoms with E-state index >= 15 is 0 Å². The molecule has 4 N–H and O–H groups in total. The van der Waals surface area contributed by atoms with E-state index in [1.54, 1.807) is 12.1 Å². The van der Waals surface area contributed by atoms with Crippen molar-refractivity contribution >= 4 is 17.4 Å². The maximum atomic E-state index is 13.1. The molecule has 1 heterocycles. The van der Waals surface area contributed by atoms with Crippen LogP contribution >= 0.6 is 11.6 Å². The number of rotatable bonds is 2. The van der Waals surface area contributed by atoms with Crippen LogP contribution in [0.1, 0.15) is 5.69 Å². The Morgan fingerprint density at radius 2 is 2.06 bits per heavy atom. The van der Waals surface area contributed by atoms with E-state index in [1.807, 2.05) is 0 Å². The minimum atomic E-state index is -0.488. The highest BCUT2D eigenvalue weighted by molar-refractivity contribution is 6.31. The zero-order valence-corrected chi connectivity index (χ0v) is 9.89. The van der Waals surface area contributed by atoms with Crippen molar-refractivity contribution < 1.29 is 4.39 Å². The Balaban J connectivity index is 2.48. The maximum absolute atomic E-state index is 13.1. The lowest BCUT2D eigenvalue weighted by molar-refractivity contribution is 0.628. The first-order chi connectivity index (χ1) is 8.61. The molecule has 0 fully saturated rings. The lowest BCUT2D eigenvalue weighted by Gasteiger charge is -2.04. The maximum Gasteiger partial charge on any atom is 0.169 e. The topological polar surface area (TPSA) is 90.2 Å². The van der Waals surface area contributed by atoms with Gasteiger partial charge in [-0.2, -0.15) is 5.10 Å². The number of amidine groups is 1. The van der Waals surface area contributed by atoms with E-state index in [-0.39, 0.29) is 10.9 Å². The number of benzene rings is 1. The SMILES string of the molecule is NN=C(N)c1cc(-c2ccc(F)c(Cl)c2)ncn1. The van der Waals surface area contributed by atoms with Crippen LogP contribution in [-0.4, -0.2) is 15.8 Å². The molecule has 0 aliphatic carbocycles. The largest absolute Gasteiger partial charge is 0.380 e. The Morgan fingerprint density at radius 3 is 2.72 bits per heavy atom. The van der Waals surface area contributed by atoms with Gasteiger partial charge in [-0.25, -0.2) is 14.4 Å². The van der Waals surface area contributed by atoms with Crippen molar-refractivity contribution in [3.63, 3.8) is 0 Å². The fourth-order valence-corrected chi connectivity index (χ4v) is 1.56. The lowest BCUT2D eigenvalue weighted by Crippen LogP contribution is -2.17. The van der Waals surface area contributed by atoms with E-state index in [0.29, 0.717) is 17.0 Å². The molecule has 5 nitrogen and oxygen atoms in total. The summed E-state index contributed by atoms with van der Waals surface area (Å²) in [5, 5.41) is 3.36. The molecule has 1 aromatic heterocycles. The van der Waals surface area contributed by atoms with Crippen molar-refractivity contribution in [2.75, 3.05) is 0 Å². The molecule has 0 aliphatic rings. The molecule has 0 unspecified atom stereocenters. The highest BCUT2D eigenvalue weighted by atomic mass is 35.5. The van der Waals surface area contributed by atoms with Gasteiger partial charge in [0.05, 0.1) is 10.7 Å². The van der Waals surface area contributed by atoms with Gasteiger partial charge >= 0.3 is 0 Å². The van der Waals surface area contributed by atoms with Crippen LogP contribution in [0.4, 0.5) is 4.39 Å². The average molecular weight is 266 g/mol. The molecule has 7 heteroatoms. The zero-order chi connectivity index (χ0) is 13.1. The third kappa shape index (κ3) is 2.38. The number of hydrogen-bond acceptors (Lipinski definition) is 4. The summed E-state index contributed by atoms with van der Waals surface area (Å²) in [4.78, 5) is 7.98. The summed E-state index contributed by atoms with van der Waals surface area (Å²) in [5.41, 5.74) is 7.13. The van der Waals surface area contributed by atoms with E-state index in [2.05, 4.69) is 15.1 Å².